The fourth-order valence-corrected chi connectivity index (χ4v) is 4.58. The van der Waals surface area contributed by atoms with Crippen LogP contribution in [0.25, 0.3) is 10.9 Å². The first kappa shape index (κ1) is 21.4. The first-order valence-electron chi connectivity index (χ1n) is 10.9. The zero-order valence-electron chi connectivity index (χ0n) is 19.2. The molecule has 0 amide bonds. The first-order chi connectivity index (χ1) is 14.0. The molecular formula is C23H32BN3O3. The summed E-state index contributed by atoms with van der Waals surface area (Å²) in [5.41, 5.74) is 2.28. The van der Waals surface area contributed by atoms with Crippen molar-refractivity contribution in [1.29, 1.82) is 5.26 Å². The van der Waals surface area contributed by atoms with Crippen LogP contribution in [0.4, 0.5) is 0 Å². The molecule has 3 heterocycles. The summed E-state index contributed by atoms with van der Waals surface area (Å²) < 4.78 is 20.9. The van der Waals surface area contributed by atoms with Crippen LogP contribution < -0.4 is 5.46 Å². The van der Waals surface area contributed by atoms with Gasteiger partial charge in [-0.2, -0.15) is 10.4 Å². The highest BCUT2D eigenvalue weighted by Gasteiger charge is 2.53. The first-order valence-corrected chi connectivity index (χ1v) is 10.9. The Morgan fingerprint density at radius 2 is 1.87 bits per heavy atom. The lowest BCUT2D eigenvalue weighted by molar-refractivity contribution is -0.0366. The third-order valence-corrected chi connectivity index (χ3v) is 6.96. The average molecular weight is 409 g/mol. The second-order valence-electron chi connectivity index (χ2n) is 10.2. The zero-order valence-corrected chi connectivity index (χ0v) is 19.2. The molecule has 0 N–H and O–H groups in total. The maximum absolute atomic E-state index is 9.95. The molecule has 4 rings (SSSR count). The Hall–Kier alpha value is -1.88. The van der Waals surface area contributed by atoms with Crippen LogP contribution in [0.3, 0.4) is 0 Å². The molecule has 0 spiro atoms. The van der Waals surface area contributed by atoms with Crippen molar-refractivity contribution in [2.75, 3.05) is 6.61 Å². The highest BCUT2D eigenvalue weighted by Crippen LogP contribution is 2.39. The van der Waals surface area contributed by atoms with E-state index in [1.165, 1.54) is 0 Å². The average Bonchev–Trinajstić information content (AvgIpc) is 3.18. The number of aromatic nitrogens is 2. The Balaban J connectivity index is 1.95. The van der Waals surface area contributed by atoms with Crippen LogP contribution in [0, 0.1) is 18.3 Å². The molecule has 160 valence electrons. The van der Waals surface area contributed by atoms with Gasteiger partial charge in [0.2, 0.25) is 0 Å². The Kier molecular flexibility index (Phi) is 5.04. The maximum Gasteiger partial charge on any atom is 0.495 e. The fourth-order valence-electron chi connectivity index (χ4n) is 4.58. The van der Waals surface area contributed by atoms with Crippen molar-refractivity contribution in [1.82, 2.24) is 9.78 Å². The SMILES string of the molecule is Cc1cc2c(cnn2C2CCCCO2)c(B2OC(C)(C)C(C)(C)O2)c1C(C)(C)C#N. The van der Waals surface area contributed by atoms with E-state index >= 15 is 0 Å². The molecule has 30 heavy (non-hydrogen) atoms. The molecule has 1 unspecified atom stereocenters. The molecule has 2 aromatic rings. The van der Waals surface area contributed by atoms with E-state index in [1.54, 1.807) is 0 Å². The minimum Gasteiger partial charge on any atom is -0.399 e. The Morgan fingerprint density at radius 1 is 1.20 bits per heavy atom. The molecule has 2 fully saturated rings. The van der Waals surface area contributed by atoms with Crippen LogP contribution in [0.15, 0.2) is 12.3 Å². The van der Waals surface area contributed by atoms with E-state index < -0.39 is 23.7 Å². The Morgan fingerprint density at radius 3 is 2.43 bits per heavy atom. The van der Waals surface area contributed by atoms with Crippen molar-refractivity contribution < 1.29 is 14.0 Å². The van der Waals surface area contributed by atoms with Gasteiger partial charge in [0.25, 0.3) is 0 Å². The predicted octanol–water partition coefficient (Wildman–Crippen LogP) is 4.14. The number of ether oxygens (including phenoxy) is 1. The van der Waals surface area contributed by atoms with Crippen LogP contribution in [0.5, 0.6) is 0 Å². The van der Waals surface area contributed by atoms with Crippen molar-refractivity contribution in [3.63, 3.8) is 0 Å². The van der Waals surface area contributed by atoms with Gasteiger partial charge >= 0.3 is 7.12 Å². The van der Waals surface area contributed by atoms with E-state index in [2.05, 4.69) is 19.1 Å². The maximum atomic E-state index is 9.95. The van der Waals surface area contributed by atoms with E-state index in [0.717, 1.165) is 53.4 Å². The molecule has 1 aromatic carbocycles. The number of hydrogen-bond acceptors (Lipinski definition) is 5. The molecule has 2 saturated heterocycles. The van der Waals surface area contributed by atoms with Gasteiger partial charge in [0, 0.05) is 12.0 Å². The van der Waals surface area contributed by atoms with Crippen molar-refractivity contribution in [2.24, 2.45) is 0 Å². The number of nitrogens with zero attached hydrogens (tertiary/aromatic N) is 3. The summed E-state index contributed by atoms with van der Waals surface area (Å²) in [5, 5.41) is 15.6. The van der Waals surface area contributed by atoms with E-state index in [4.69, 9.17) is 19.1 Å². The summed E-state index contributed by atoms with van der Waals surface area (Å²) in [6.45, 7) is 14.9. The number of hydrogen-bond donors (Lipinski definition) is 0. The molecule has 6 nitrogen and oxygen atoms in total. The smallest absolute Gasteiger partial charge is 0.399 e. The van der Waals surface area contributed by atoms with Crippen molar-refractivity contribution >= 4 is 23.5 Å². The Labute approximate surface area is 179 Å². The number of aryl methyl sites for hydroxylation is 1. The summed E-state index contributed by atoms with van der Waals surface area (Å²) >= 11 is 0. The standard InChI is InChI=1S/C23H32BN3O3/c1-15-12-17-16(13-26-27(17)18-10-8-9-11-28-18)20(19(15)21(2,3)14-25)24-29-22(4,5)23(6,7)30-24/h12-13,18H,8-11H2,1-7H3. The topological polar surface area (TPSA) is 69.3 Å². The number of nitriles is 1. The normalized spacial score (nSPS) is 23.7. The predicted molar refractivity (Wildman–Crippen MR) is 118 cm³/mol. The highest BCUT2D eigenvalue weighted by molar-refractivity contribution is 6.66. The van der Waals surface area contributed by atoms with Gasteiger partial charge in [0.15, 0.2) is 6.23 Å². The van der Waals surface area contributed by atoms with Gasteiger partial charge in [-0.25, -0.2) is 4.68 Å². The zero-order chi connectivity index (χ0) is 21.9. The van der Waals surface area contributed by atoms with Gasteiger partial charge in [0.1, 0.15) is 0 Å². The second kappa shape index (κ2) is 7.08. The van der Waals surface area contributed by atoms with E-state index in [0.29, 0.717) is 0 Å². The summed E-state index contributed by atoms with van der Waals surface area (Å²) in [4.78, 5) is 0. The van der Waals surface area contributed by atoms with Gasteiger partial charge in [-0.3, -0.25) is 0 Å². The Bertz CT molecular complexity index is 997. The van der Waals surface area contributed by atoms with Crippen molar-refractivity contribution in [2.45, 2.75) is 90.6 Å². The highest BCUT2D eigenvalue weighted by atomic mass is 16.7. The molecule has 2 aliphatic heterocycles. The monoisotopic (exact) mass is 409 g/mol. The lowest BCUT2D eigenvalue weighted by Crippen LogP contribution is -2.41. The van der Waals surface area contributed by atoms with E-state index in [-0.39, 0.29) is 6.23 Å². The molecule has 0 saturated carbocycles. The number of rotatable bonds is 3. The van der Waals surface area contributed by atoms with Crippen LogP contribution in [-0.2, 0) is 19.5 Å². The summed E-state index contributed by atoms with van der Waals surface area (Å²) in [6, 6.07) is 4.60. The molecular weight excluding hydrogens is 377 g/mol. The summed E-state index contributed by atoms with van der Waals surface area (Å²) in [7, 11) is -0.565. The lowest BCUT2D eigenvalue weighted by atomic mass is 9.66. The van der Waals surface area contributed by atoms with Gasteiger partial charge < -0.3 is 14.0 Å². The minimum atomic E-state index is -0.694. The molecule has 0 bridgehead atoms. The molecule has 2 aliphatic rings. The molecule has 1 aromatic heterocycles. The molecule has 7 heteroatoms. The molecule has 1 atom stereocenters. The van der Waals surface area contributed by atoms with E-state index in [9.17, 15) is 5.26 Å². The fraction of sp³-hybridized carbons (Fsp3) is 0.652. The third-order valence-electron chi connectivity index (χ3n) is 6.96. The summed E-state index contributed by atoms with van der Waals surface area (Å²) in [5.74, 6) is 0. The van der Waals surface area contributed by atoms with E-state index in [1.807, 2.05) is 52.4 Å². The van der Waals surface area contributed by atoms with Crippen molar-refractivity contribution in [3.8, 4) is 6.07 Å². The van der Waals surface area contributed by atoms with Crippen LogP contribution in [0.1, 0.15) is 78.2 Å². The van der Waals surface area contributed by atoms with Crippen LogP contribution in [0.2, 0.25) is 0 Å². The van der Waals surface area contributed by atoms with Gasteiger partial charge in [-0.1, -0.05) is 0 Å². The molecule has 0 aliphatic carbocycles. The van der Waals surface area contributed by atoms with Gasteiger partial charge in [0.05, 0.1) is 34.4 Å². The summed E-state index contributed by atoms with van der Waals surface area (Å²) in [6.07, 6.45) is 5.00. The lowest BCUT2D eigenvalue weighted by Gasteiger charge is -2.32. The van der Waals surface area contributed by atoms with Crippen LogP contribution >= 0.6 is 0 Å². The minimum absolute atomic E-state index is 0.0587. The second-order valence-corrected chi connectivity index (χ2v) is 10.2. The van der Waals surface area contributed by atoms with Crippen LogP contribution in [-0.4, -0.2) is 34.7 Å². The van der Waals surface area contributed by atoms with Crippen molar-refractivity contribution in [3.05, 3.63) is 23.4 Å². The van der Waals surface area contributed by atoms with Gasteiger partial charge in [-0.15, -0.1) is 0 Å². The third kappa shape index (κ3) is 3.26. The number of benzene rings is 1. The van der Waals surface area contributed by atoms with Gasteiger partial charge in [-0.05, 0) is 90.4 Å². The number of fused-ring (bicyclic) bond motifs is 1. The molecule has 0 radical (unpaired) electrons. The quantitative estimate of drug-likeness (QED) is 0.713. The largest absolute Gasteiger partial charge is 0.495 e.